The molecule has 0 aliphatic carbocycles. The van der Waals surface area contributed by atoms with Crippen LogP contribution in [0.2, 0.25) is 0 Å². The molecule has 0 amide bonds. The van der Waals surface area contributed by atoms with E-state index in [4.69, 9.17) is 10.5 Å². The van der Waals surface area contributed by atoms with Crippen molar-refractivity contribution in [2.75, 3.05) is 12.8 Å². The maximum absolute atomic E-state index is 11.1. The topological polar surface area (TPSA) is 68.1 Å². The molecule has 0 unspecified atom stereocenters. The van der Waals surface area contributed by atoms with E-state index in [9.17, 15) is 4.79 Å². The molecule has 1 aromatic heterocycles. The predicted octanol–water partition coefficient (Wildman–Crippen LogP) is 1.54. The molecular weight excluding hydrogens is 216 g/mol. The Morgan fingerprint density at radius 2 is 2.00 bits per heavy atom. The van der Waals surface area contributed by atoms with Gasteiger partial charge >= 0.3 is 0 Å². The second-order valence-electron chi connectivity index (χ2n) is 2.97. The maximum Gasteiger partial charge on any atom is 0.248 e. The summed E-state index contributed by atoms with van der Waals surface area (Å²) < 4.78 is 5.11. The molecule has 1 aromatic carbocycles. The summed E-state index contributed by atoms with van der Waals surface area (Å²) in [5.74, 6) is 0.618. The van der Waals surface area contributed by atoms with E-state index in [1.165, 1.54) is 6.07 Å². The summed E-state index contributed by atoms with van der Waals surface area (Å²) in [5.41, 5.74) is 6.85. The molecule has 0 spiro atoms. The van der Waals surface area contributed by atoms with Gasteiger partial charge in [-0.2, -0.15) is 0 Å². The van der Waals surface area contributed by atoms with Gasteiger partial charge in [-0.15, -0.1) is 12.4 Å². The normalized spacial score (nSPS) is 9.67. The van der Waals surface area contributed by atoms with E-state index < -0.39 is 0 Å². The Kier molecular flexibility index (Phi) is 3.21. The maximum atomic E-state index is 11.1. The molecule has 3 N–H and O–H groups in total. The van der Waals surface area contributed by atoms with Crippen LogP contribution in [-0.4, -0.2) is 12.1 Å². The summed E-state index contributed by atoms with van der Waals surface area (Å²) in [7, 11) is 1.55. The zero-order valence-electron chi connectivity index (χ0n) is 8.11. The van der Waals surface area contributed by atoms with Crippen LogP contribution in [0.4, 0.5) is 5.69 Å². The number of methoxy groups -OCH3 is 1. The van der Waals surface area contributed by atoms with Crippen LogP contribution in [0.15, 0.2) is 29.1 Å². The van der Waals surface area contributed by atoms with Gasteiger partial charge in [0.2, 0.25) is 5.56 Å². The fourth-order valence-electron chi connectivity index (χ4n) is 1.42. The van der Waals surface area contributed by atoms with Gasteiger partial charge in [0.05, 0.1) is 12.6 Å². The van der Waals surface area contributed by atoms with E-state index in [-0.39, 0.29) is 18.0 Å². The minimum Gasteiger partial charge on any atom is -0.495 e. The van der Waals surface area contributed by atoms with Crippen LogP contribution < -0.4 is 16.0 Å². The largest absolute Gasteiger partial charge is 0.495 e. The molecule has 0 saturated carbocycles. The van der Waals surface area contributed by atoms with Crippen LogP contribution in [0.3, 0.4) is 0 Å². The van der Waals surface area contributed by atoms with Gasteiger partial charge in [0.25, 0.3) is 0 Å². The molecule has 0 fully saturated rings. The second-order valence-corrected chi connectivity index (χ2v) is 2.97. The molecule has 0 aliphatic heterocycles. The number of anilines is 1. The number of hydrogen-bond acceptors (Lipinski definition) is 3. The van der Waals surface area contributed by atoms with E-state index >= 15 is 0 Å². The van der Waals surface area contributed by atoms with Gasteiger partial charge in [-0.3, -0.25) is 4.79 Å². The number of fused-ring (bicyclic) bond motifs is 1. The van der Waals surface area contributed by atoms with Gasteiger partial charge in [-0.05, 0) is 18.2 Å². The molecule has 0 atom stereocenters. The number of rotatable bonds is 1. The van der Waals surface area contributed by atoms with Gasteiger partial charge in [0.1, 0.15) is 5.75 Å². The van der Waals surface area contributed by atoms with Gasteiger partial charge < -0.3 is 15.5 Å². The van der Waals surface area contributed by atoms with E-state index in [0.717, 1.165) is 5.39 Å². The third kappa shape index (κ3) is 1.89. The van der Waals surface area contributed by atoms with Crippen LogP contribution >= 0.6 is 12.4 Å². The number of aromatic nitrogens is 1. The van der Waals surface area contributed by atoms with E-state index in [0.29, 0.717) is 17.0 Å². The Bertz CT molecular complexity index is 536. The zero-order valence-corrected chi connectivity index (χ0v) is 8.93. The first kappa shape index (κ1) is 11.4. The summed E-state index contributed by atoms with van der Waals surface area (Å²) in [6.45, 7) is 0. The molecule has 1 heterocycles. The molecule has 5 heteroatoms. The average molecular weight is 227 g/mol. The van der Waals surface area contributed by atoms with Crippen LogP contribution in [0, 0.1) is 0 Å². The van der Waals surface area contributed by atoms with Gasteiger partial charge in [-0.25, -0.2) is 0 Å². The highest BCUT2D eigenvalue weighted by Crippen LogP contribution is 2.26. The van der Waals surface area contributed by atoms with Crippen molar-refractivity contribution in [3.05, 3.63) is 34.6 Å². The Hall–Kier alpha value is -1.68. The van der Waals surface area contributed by atoms with Crippen molar-refractivity contribution in [2.45, 2.75) is 0 Å². The summed E-state index contributed by atoms with van der Waals surface area (Å²) in [6, 6.07) is 6.61. The molecule has 0 aliphatic rings. The Morgan fingerprint density at radius 3 is 2.67 bits per heavy atom. The molecule has 0 radical (unpaired) electrons. The van der Waals surface area contributed by atoms with Crippen molar-refractivity contribution < 1.29 is 4.74 Å². The molecule has 0 bridgehead atoms. The fraction of sp³-hybridized carbons (Fsp3) is 0.100. The average Bonchev–Trinajstić information content (AvgIpc) is 2.18. The van der Waals surface area contributed by atoms with E-state index in [1.54, 1.807) is 25.3 Å². The summed E-state index contributed by atoms with van der Waals surface area (Å²) in [5, 5.41) is 0.795. The number of hydrogen-bond donors (Lipinski definition) is 2. The molecule has 4 nitrogen and oxygen atoms in total. The number of pyridine rings is 1. The van der Waals surface area contributed by atoms with Crippen LogP contribution in [-0.2, 0) is 0 Å². The quantitative estimate of drug-likeness (QED) is 0.725. The number of H-pyrrole nitrogens is 1. The predicted molar refractivity (Wildman–Crippen MR) is 62.8 cm³/mol. The second kappa shape index (κ2) is 4.23. The highest BCUT2D eigenvalue weighted by Gasteiger charge is 2.04. The third-order valence-electron chi connectivity index (χ3n) is 2.11. The molecular formula is C10H11ClN2O2. The van der Waals surface area contributed by atoms with Crippen LogP contribution in [0.25, 0.3) is 10.9 Å². The fourth-order valence-corrected chi connectivity index (χ4v) is 1.42. The van der Waals surface area contributed by atoms with Crippen molar-refractivity contribution in [2.24, 2.45) is 0 Å². The van der Waals surface area contributed by atoms with Gasteiger partial charge in [0.15, 0.2) is 0 Å². The number of aromatic amines is 1. The number of benzene rings is 1. The van der Waals surface area contributed by atoms with Crippen molar-refractivity contribution in [1.29, 1.82) is 0 Å². The number of nitrogens with two attached hydrogens (primary N) is 1. The van der Waals surface area contributed by atoms with E-state index in [1.807, 2.05) is 0 Å². The van der Waals surface area contributed by atoms with Crippen LogP contribution in [0.1, 0.15) is 0 Å². The molecule has 15 heavy (non-hydrogen) atoms. The highest BCUT2D eigenvalue weighted by atomic mass is 35.5. The number of nitrogens with one attached hydrogen (secondary N) is 1. The van der Waals surface area contributed by atoms with Gasteiger partial charge in [0, 0.05) is 17.1 Å². The lowest BCUT2D eigenvalue weighted by atomic mass is 10.2. The highest BCUT2D eigenvalue weighted by molar-refractivity contribution is 5.94. The Balaban J connectivity index is 0.00000112. The lowest BCUT2D eigenvalue weighted by molar-refractivity contribution is 0.419. The minimum atomic E-state index is -0.165. The van der Waals surface area contributed by atoms with Crippen molar-refractivity contribution in [3.8, 4) is 5.75 Å². The first-order chi connectivity index (χ1) is 6.72. The first-order valence-corrected chi connectivity index (χ1v) is 4.18. The first-order valence-electron chi connectivity index (χ1n) is 4.18. The molecule has 80 valence electrons. The summed E-state index contributed by atoms with van der Waals surface area (Å²) >= 11 is 0. The molecule has 2 rings (SSSR count). The van der Waals surface area contributed by atoms with E-state index in [2.05, 4.69) is 4.98 Å². The monoisotopic (exact) mass is 226 g/mol. The van der Waals surface area contributed by atoms with Crippen LogP contribution in [0.5, 0.6) is 5.75 Å². The summed E-state index contributed by atoms with van der Waals surface area (Å²) in [4.78, 5) is 13.8. The van der Waals surface area contributed by atoms with Gasteiger partial charge in [-0.1, -0.05) is 0 Å². The lowest BCUT2D eigenvalue weighted by Gasteiger charge is -2.06. The number of ether oxygens (including phenoxy) is 1. The van der Waals surface area contributed by atoms with Crippen molar-refractivity contribution in [3.63, 3.8) is 0 Å². The molecule has 0 saturated heterocycles. The minimum absolute atomic E-state index is 0. The number of nitrogen functional groups attached to an aromatic ring is 1. The lowest BCUT2D eigenvalue weighted by Crippen LogP contribution is -2.04. The standard InChI is InChI=1S/C10H10N2O2.ClH/c1-14-8-4-3-7(11)6-2-5-9(13)12-10(6)8;/h2-5H,11H2,1H3,(H,12,13);1H. The van der Waals surface area contributed by atoms with Crippen molar-refractivity contribution in [1.82, 2.24) is 4.98 Å². The smallest absolute Gasteiger partial charge is 0.248 e. The Labute approximate surface area is 92.5 Å². The number of halogens is 1. The summed E-state index contributed by atoms with van der Waals surface area (Å²) in [6.07, 6.45) is 0. The Morgan fingerprint density at radius 1 is 1.27 bits per heavy atom. The third-order valence-corrected chi connectivity index (χ3v) is 2.11. The zero-order chi connectivity index (χ0) is 10.1. The van der Waals surface area contributed by atoms with Crippen molar-refractivity contribution >= 4 is 29.0 Å². The SMILES string of the molecule is COc1ccc(N)c2ccc(=O)[nH]c12.Cl. The molecule has 2 aromatic rings.